The van der Waals surface area contributed by atoms with Gasteiger partial charge in [0.2, 0.25) is 0 Å². The third kappa shape index (κ3) is 0.658. The van der Waals surface area contributed by atoms with Crippen molar-refractivity contribution in [1.82, 2.24) is 0 Å². The van der Waals surface area contributed by atoms with Crippen LogP contribution in [-0.2, 0) is 0 Å². The summed E-state index contributed by atoms with van der Waals surface area (Å²) in [5.41, 5.74) is 3.86. The first-order valence-corrected chi connectivity index (χ1v) is 3.61. The van der Waals surface area contributed by atoms with Crippen molar-refractivity contribution in [2.45, 2.75) is 26.2 Å². The molecule has 0 aromatic heterocycles. The van der Waals surface area contributed by atoms with Crippen molar-refractivity contribution in [3.63, 3.8) is 0 Å². The summed E-state index contributed by atoms with van der Waals surface area (Å²) in [5.74, 6) is 0. The Labute approximate surface area is 56.3 Å². The van der Waals surface area contributed by atoms with Crippen LogP contribution >= 0.6 is 0 Å². The standard InChI is InChI=1S/C9H12/c1-3-7-6-8(7)9(2)4-5-9/h3H,1,4-6H2,2H3. The Hall–Kier alpha value is -0.520. The van der Waals surface area contributed by atoms with Crippen LogP contribution in [-0.4, -0.2) is 0 Å². The minimum atomic E-state index is 0.642. The summed E-state index contributed by atoms with van der Waals surface area (Å²) in [6.07, 6.45) is 6.11. The third-order valence-electron chi connectivity index (χ3n) is 2.60. The first-order chi connectivity index (χ1) is 4.26. The van der Waals surface area contributed by atoms with Crippen LogP contribution in [0.2, 0.25) is 0 Å². The van der Waals surface area contributed by atoms with Crippen molar-refractivity contribution in [1.29, 1.82) is 0 Å². The van der Waals surface area contributed by atoms with Gasteiger partial charge in [-0.25, -0.2) is 0 Å². The van der Waals surface area contributed by atoms with Crippen LogP contribution < -0.4 is 0 Å². The van der Waals surface area contributed by atoms with Crippen LogP contribution in [0, 0.1) is 5.41 Å². The lowest BCUT2D eigenvalue weighted by Crippen LogP contribution is -1.85. The zero-order valence-corrected chi connectivity index (χ0v) is 5.91. The van der Waals surface area contributed by atoms with Crippen molar-refractivity contribution in [3.05, 3.63) is 23.8 Å². The zero-order valence-electron chi connectivity index (χ0n) is 5.91. The van der Waals surface area contributed by atoms with Crippen LogP contribution in [0.4, 0.5) is 0 Å². The van der Waals surface area contributed by atoms with E-state index in [9.17, 15) is 0 Å². The summed E-state index contributed by atoms with van der Waals surface area (Å²) in [6.45, 7) is 6.12. The molecule has 0 bridgehead atoms. The average molecular weight is 120 g/mol. The van der Waals surface area contributed by atoms with E-state index in [1.54, 1.807) is 5.57 Å². The molecule has 0 heteroatoms. The van der Waals surface area contributed by atoms with Gasteiger partial charge < -0.3 is 0 Å². The molecule has 9 heavy (non-hydrogen) atoms. The van der Waals surface area contributed by atoms with Gasteiger partial charge in [0, 0.05) is 0 Å². The van der Waals surface area contributed by atoms with Gasteiger partial charge in [-0.3, -0.25) is 0 Å². The molecular formula is C9H12. The predicted molar refractivity (Wildman–Crippen MR) is 39.2 cm³/mol. The second kappa shape index (κ2) is 1.31. The van der Waals surface area contributed by atoms with Gasteiger partial charge in [-0.15, -0.1) is 0 Å². The van der Waals surface area contributed by atoms with Gasteiger partial charge >= 0.3 is 0 Å². The molecule has 2 rings (SSSR count). The first kappa shape index (κ1) is 5.28. The summed E-state index contributed by atoms with van der Waals surface area (Å²) >= 11 is 0. The molecule has 0 saturated heterocycles. The molecule has 0 unspecified atom stereocenters. The van der Waals surface area contributed by atoms with Crippen LogP contribution in [0.3, 0.4) is 0 Å². The van der Waals surface area contributed by atoms with Crippen LogP contribution in [0.25, 0.3) is 0 Å². The van der Waals surface area contributed by atoms with Gasteiger partial charge in [0.15, 0.2) is 0 Å². The van der Waals surface area contributed by atoms with Gasteiger partial charge in [-0.1, -0.05) is 25.2 Å². The molecule has 2 aliphatic rings. The monoisotopic (exact) mass is 120 g/mol. The Bertz CT molecular complexity index is 192. The Balaban J connectivity index is 2.18. The second-order valence-corrected chi connectivity index (χ2v) is 3.45. The van der Waals surface area contributed by atoms with Gasteiger partial charge in [-0.05, 0) is 30.3 Å². The largest absolute Gasteiger partial charge is 0.0988 e. The van der Waals surface area contributed by atoms with Crippen LogP contribution in [0.1, 0.15) is 26.2 Å². The second-order valence-electron chi connectivity index (χ2n) is 3.45. The van der Waals surface area contributed by atoms with Crippen molar-refractivity contribution in [2.75, 3.05) is 0 Å². The molecule has 0 aliphatic heterocycles. The highest BCUT2D eigenvalue weighted by Gasteiger charge is 2.46. The maximum absolute atomic E-state index is 3.76. The summed E-state index contributed by atoms with van der Waals surface area (Å²) in [5, 5.41) is 0. The molecule has 0 spiro atoms. The number of hydrogen-bond donors (Lipinski definition) is 0. The lowest BCUT2D eigenvalue weighted by molar-refractivity contribution is 0.712. The minimum Gasteiger partial charge on any atom is -0.0988 e. The van der Waals surface area contributed by atoms with Crippen molar-refractivity contribution in [3.8, 4) is 0 Å². The lowest BCUT2D eigenvalue weighted by atomic mass is 10.1. The van der Waals surface area contributed by atoms with Gasteiger partial charge in [-0.2, -0.15) is 0 Å². The molecule has 0 atom stereocenters. The van der Waals surface area contributed by atoms with E-state index < -0.39 is 0 Å². The maximum atomic E-state index is 3.76. The highest BCUT2D eigenvalue weighted by molar-refractivity contribution is 5.48. The average Bonchev–Trinajstić information content (AvgIpc) is 2.60. The fraction of sp³-hybridized carbons (Fsp3) is 0.556. The van der Waals surface area contributed by atoms with E-state index in [-0.39, 0.29) is 0 Å². The minimum absolute atomic E-state index is 0.642. The molecule has 2 aliphatic carbocycles. The van der Waals surface area contributed by atoms with E-state index >= 15 is 0 Å². The molecule has 0 N–H and O–H groups in total. The number of rotatable bonds is 2. The smallest absolute Gasteiger partial charge is 0.00560 e. The molecule has 0 radical (unpaired) electrons. The van der Waals surface area contributed by atoms with Crippen LogP contribution in [0.15, 0.2) is 23.8 Å². The van der Waals surface area contributed by atoms with Crippen LogP contribution in [0.5, 0.6) is 0 Å². The Morgan fingerprint density at radius 1 is 1.56 bits per heavy atom. The first-order valence-electron chi connectivity index (χ1n) is 3.61. The van der Waals surface area contributed by atoms with E-state index in [1.165, 1.54) is 24.8 Å². The highest BCUT2D eigenvalue weighted by atomic mass is 14.5. The summed E-state index contributed by atoms with van der Waals surface area (Å²) in [7, 11) is 0. The van der Waals surface area contributed by atoms with E-state index in [4.69, 9.17) is 0 Å². The third-order valence-corrected chi connectivity index (χ3v) is 2.60. The predicted octanol–water partition coefficient (Wildman–Crippen LogP) is 2.67. The molecule has 0 amide bonds. The van der Waals surface area contributed by atoms with E-state index in [1.807, 2.05) is 6.08 Å². The van der Waals surface area contributed by atoms with Gasteiger partial charge in [0.25, 0.3) is 0 Å². The van der Waals surface area contributed by atoms with E-state index in [0.29, 0.717) is 5.41 Å². The molecule has 48 valence electrons. The molecule has 0 nitrogen and oxygen atoms in total. The topological polar surface area (TPSA) is 0 Å². The fourth-order valence-electron chi connectivity index (χ4n) is 1.43. The van der Waals surface area contributed by atoms with Crippen molar-refractivity contribution in [2.24, 2.45) is 5.41 Å². The van der Waals surface area contributed by atoms with Gasteiger partial charge in [0.1, 0.15) is 0 Å². The number of hydrogen-bond acceptors (Lipinski definition) is 0. The summed E-state index contributed by atoms with van der Waals surface area (Å²) in [4.78, 5) is 0. The van der Waals surface area contributed by atoms with E-state index in [0.717, 1.165) is 0 Å². The highest BCUT2D eigenvalue weighted by Crippen LogP contribution is 2.60. The maximum Gasteiger partial charge on any atom is -0.00560 e. The molecule has 1 fully saturated rings. The molecule has 1 saturated carbocycles. The SMILES string of the molecule is C=CC1=C(C2(C)CC2)C1. The molecule has 0 heterocycles. The summed E-state index contributed by atoms with van der Waals surface area (Å²) in [6, 6.07) is 0. The normalized spacial score (nSPS) is 28.1. The molecular weight excluding hydrogens is 108 g/mol. The fourth-order valence-corrected chi connectivity index (χ4v) is 1.43. The van der Waals surface area contributed by atoms with E-state index in [2.05, 4.69) is 13.5 Å². The summed E-state index contributed by atoms with van der Waals surface area (Å²) < 4.78 is 0. The van der Waals surface area contributed by atoms with Crippen molar-refractivity contribution < 1.29 is 0 Å². The lowest BCUT2D eigenvalue weighted by Gasteiger charge is -1.96. The van der Waals surface area contributed by atoms with Crippen molar-refractivity contribution >= 4 is 0 Å². The zero-order chi connectivity index (χ0) is 6.48. The van der Waals surface area contributed by atoms with Gasteiger partial charge in [0.05, 0.1) is 0 Å². The number of allylic oxidation sites excluding steroid dienone is 3. The Morgan fingerprint density at radius 3 is 2.56 bits per heavy atom. The Kier molecular flexibility index (Phi) is 0.769. The molecule has 0 aromatic rings. The quantitative estimate of drug-likeness (QED) is 0.525. The molecule has 0 aromatic carbocycles. The Morgan fingerprint density at radius 2 is 2.22 bits per heavy atom.